The number of likely N-dealkylation sites (tertiary alicyclic amines) is 1. The van der Waals surface area contributed by atoms with Gasteiger partial charge in [0.15, 0.2) is 0 Å². The number of aromatic nitrogens is 2. The topological polar surface area (TPSA) is 71.4 Å². The van der Waals surface area contributed by atoms with E-state index in [4.69, 9.17) is 9.26 Å². The number of benzene rings is 1. The Morgan fingerprint density at radius 2 is 2.04 bits per heavy atom. The quantitative estimate of drug-likeness (QED) is 0.739. The summed E-state index contributed by atoms with van der Waals surface area (Å²) in [6.07, 6.45) is 4.82. The summed E-state index contributed by atoms with van der Waals surface area (Å²) in [6.45, 7) is 2.05. The van der Waals surface area contributed by atoms with Crippen LogP contribution < -0.4 is 0 Å². The van der Waals surface area contributed by atoms with E-state index in [1.165, 1.54) is 22.2 Å². The number of fused-ring (bicyclic) bond motifs is 4. The van der Waals surface area contributed by atoms with Crippen LogP contribution in [-0.2, 0) is 16.8 Å². The highest BCUT2D eigenvalue weighted by Crippen LogP contribution is 2.44. The van der Waals surface area contributed by atoms with Crippen LogP contribution in [0.4, 0.5) is 0 Å². The fourth-order valence-electron chi connectivity index (χ4n) is 4.85. The molecule has 3 aromatic rings. The zero-order valence-electron chi connectivity index (χ0n) is 15.7. The van der Waals surface area contributed by atoms with Crippen molar-refractivity contribution < 1.29 is 14.1 Å². The molecule has 6 rings (SSSR count). The number of carbonyl (C=O) groups is 1. The van der Waals surface area contributed by atoms with Crippen LogP contribution in [-0.4, -0.2) is 40.6 Å². The van der Waals surface area contributed by atoms with Crippen molar-refractivity contribution in [3.05, 3.63) is 53.0 Å². The number of nitrogens with zero attached hydrogens (tertiary/aromatic N) is 2. The summed E-state index contributed by atoms with van der Waals surface area (Å²) in [7, 11) is 0. The SMILES string of the molecule is O=C(c1cc(C2CC2)no1)N1CCC2(CC1)OCCc1c2[nH]c2ccccc12. The highest BCUT2D eigenvalue weighted by atomic mass is 16.5. The summed E-state index contributed by atoms with van der Waals surface area (Å²) in [5.41, 5.74) is 4.37. The molecule has 6 heteroatoms. The van der Waals surface area contributed by atoms with Crippen LogP contribution in [0, 0.1) is 0 Å². The molecule has 6 nitrogen and oxygen atoms in total. The minimum absolute atomic E-state index is 0.0538. The van der Waals surface area contributed by atoms with Crippen molar-refractivity contribution in [1.82, 2.24) is 15.0 Å². The average molecular weight is 377 g/mol. The summed E-state index contributed by atoms with van der Waals surface area (Å²) < 4.78 is 11.7. The Labute approximate surface area is 162 Å². The molecule has 0 unspecified atom stereocenters. The molecule has 28 heavy (non-hydrogen) atoms. The maximum absolute atomic E-state index is 12.9. The maximum atomic E-state index is 12.9. The van der Waals surface area contributed by atoms with Gasteiger partial charge in [-0.2, -0.15) is 0 Å². The Kier molecular flexibility index (Phi) is 3.48. The second-order valence-corrected chi connectivity index (χ2v) is 8.30. The highest BCUT2D eigenvalue weighted by molar-refractivity contribution is 5.91. The van der Waals surface area contributed by atoms with Crippen molar-refractivity contribution >= 4 is 16.8 Å². The van der Waals surface area contributed by atoms with E-state index in [9.17, 15) is 4.79 Å². The predicted octanol–water partition coefficient (Wildman–Crippen LogP) is 3.74. The fourth-order valence-corrected chi connectivity index (χ4v) is 4.85. The number of H-pyrrole nitrogens is 1. The molecule has 1 saturated heterocycles. The Hall–Kier alpha value is -2.60. The van der Waals surface area contributed by atoms with Gasteiger partial charge in [-0.1, -0.05) is 23.4 Å². The number of para-hydroxylation sites is 1. The van der Waals surface area contributed by atoms with E-state index in [2.05, 4.69) is 34.4 Å². The average Bonchev–Trinajstić information content (AvgIpc) is 3.33. The highest BCUT2D eigenvalue weighted by Gasteiger charge is 2.44. The van der Waals surface area contributed by atoms with Gasteiger partial charge in [0.05, 0.1) is 18.0 Å². The number of nitrogens with one attached hydrogen (secondary N) is 1. The van der Waals surface area contributed by atoms with Crippen LogP contribution in [0.1, 0.15) is 59.1 Å². The van der Waals surface area contributed by atoms with Crippen LogP contribution in [0.15, 0.2) is 34.9 Å². The number of hydrogen-bond donors (Lipinski definition) is 1. The first-order chi connectivity index (χ1) is 13.7. The predicted molar refractivity (Wildman–Crippen MR) is 103 cm³/mol. The number of piperidine rings is 1. The van der Waals surface area contributed by atoms with E-state index in [1.54, 1.807) is 0 Å². The first kappa shape index (κ1) is 16.4. The van der Waals surface area contributed by atoms with Crippen molar-refractivity contribution in [2.75, 3.05) is 19.7 Å². The zero-order valence-corrected chi connectivity index (χ0v) is 15.7. The fraction of sp³-hybridized carbons (Fsp3) is 0.455. The number of amides is 1. The minimum atomic E-state index is -0.316. The van der Waals surface area contributed by atoms with Gasteiger partial charge in [-0.3, -0.25) is 4.79 Å². The molecular weight excluding hydrogens is 354 g/mol. The first-order valence-electron chi connectivity index (χ1n) is 10.2. The van der Waals surface area contributed by atoms with Gasteiger partial charge in [0, 0.05) is 36.0 Å². The summed E-state index contributed by atoms with van der Waals surface area (Å²) in [5.74, 6) is 0.807. The second-order valence-electron chi connectivity index (χ2n) is 8.30. The Bertz CT molecular complexity index is 1050. The van der Waals surface area contributed by atoms with E-state index in [0.717, 1.165) is 44.4 Å². The first-order valence-corrected chi connectivity index (χ1v) is 10.2. The van der Waals surface area contributed by atoms with Crippen molar-refractivity contribution in [3.63, 3.8) is 0 Å². The normalized spacial score (nSPS) is 21.2. The van der Waals surface area contributed by atoms with Crippen molar-refractivity contribution in [2.24, 2.45) is 0 Å². The van der Waals surface area contributed by atoms with Crippen LogP contribution in [0.25, 0.3) is 10.9 Å². The largest absolute Gasteiger partial charge is 0.368 e. The summed E-state index contributed by atoms with van der Waals surface area (Å²) in [4.78, 5) is 18.4. The van der Waals surface area contributed by atoms with Crippen molar-refractivity contribution in [2.45, 2.75) is 43.6 Å². The van der Waals surface area contributed by atoms with E-state index in [-0.39, 0.29) is 11.5 Å². The number of aromatic amines is 1. The minimum Gasteiger partial charge on any atom is -0.368 e. The molecular formula is C22H23N3O3. The summed E-state index contributed by atoms with van der Waals surface area (Å²) in [6, 6.07) is 10.3. The van der Waals surface area contributed by atoms with Gasteiger partial charge in [-0.25, -0.2) is 0 Å². The lowest BCUT2D eigenvalue weighted by molar-refractivity contribution is -0.0959. The van der Waals surface area contributed by atoms with E-state index in [0.29, 0.717) is 24.8 Å². The second kappa shape index (κ2) is 5.95. The number of ether oxygens (including phenoxy) is 1. The lowest BCUT2D eigenvalue weighted by Crippen LogP contribution is -2.48. The lowest BCUT2D eigenvalue weighted by atomic mass is 9.83. The maximum Gasteiger partial charge on any atom is 0.292 e. The van der Waals surface area contributed by atoms with Crippen LogP contribution in [0.5, 0.6) is 0 Å². The molecule has 4 heterocycles. The third kappa shape index (κ3) is 2.44. The molecule has 0 atom stereocenters. The van der Waals surface area contributed by atoms with Gasteiger partial charge in [-0.05, 0) is 43.7 Å². The summed E-state index contributed by atoms with van der Waals surface area (Å²) in [5, 5.41) is 5.38. The molecule has 2 aromatic heterocycles. The van der Waals surface area contributed by atoms with Crippen molar-refractivity contribution in [1.29, 1.82) is 0 Å². The zero-order chi connectivity index (χ0) is 18.7. The third-order valence-corrected chi connectivity index (χ3v) is 6.59. The third-order valence-electron chi connectivity index (χ3n) is 6.59. The standard InChI is InChI=1S/C22H23N3O3/c26-21(19-13-18(24-28-19)14-5-6-14)25-10-8-22(9-11-25)20-16(7-12-27-22)15-3-1-2-4-17(15)23-20/h1-4,13-14,23H,5-12H2. The summed E-state index contributed by atoms with van der Waals surface area (Å²) >= 11 is 0. The van der Waals surface area contributed by atoms with Gasteiger partial charge in [-0.15, -0.1) is 0 Å². The van der Waals surface area contributed by atoms with Gasteiger partial charge >= 0.3 is 0 Å². The van der Waals surface area contributed by atoms with Gasteiger partial charge in [0.2, 0.25) is 5.76 Å². The van der Waals surface area contributed by atoms with E-state index >= 15 is 0 Å². The Morgan fingerprint density at radius 1 is 1.21 bits per heavy atom. The molecule has 2 aliphatic heterocycles. The van der Waals surface area contributed by atoms with Gasteiger partial charge in [0.1, 0.15) is 5.60 Å². The molecule has 0 bridgehead atoms. The Morgan fingerprint density at radius 3 is 2.86 bits per heavy atom. The molecule has 1 N–H and O–H groups in total. The number of rotatable bonds is 2. The molecule has 1 saturated carbocycles. The molecule has 1 aliphatic carbocycles. The van der Waals surface area contributed by atoms with Crippen LogP contribution in [0.2, 0.25) is 0 Å². The van der Waals surface area contributed by atoms with Crippen molar-refractivity contribution in [3.8, 4) is 0 Å². The molecule has 3 aliphatic rings. The Balaban J connectivity index is 1.24. The van der Waals surface area contributed by atoms with E-state index < -0.39 is 0 Å². The molecule has 144 valence electrons. The molecule has 2 fully saturated rings. The number of hydrogen-bond acceptors (Lipinski definition) is 4. The molecule has 0 radical (unpaired) electrons. The van der Waals surface area contributed by atoms with Gasteiger partial charge < -0.3 is 19.1 Å². The smallest absolute Gasteiger partial charge is 0.292 e. The lowest BCUT2D eigenvalue weighted by Gasteiger charge is -2.43. The molecule has 1 spiro atoms. The number of carbonyl (C=O) groups excluding carboxylic acids is 1. The van der Waals surface area contributed by atoms with E-state index in [1.807, 2.05) is 11.0 Å². The monoisotopic (exact) mass is 377 g/mol. The molecule has 1 amide bonds. The van der Waals surface area contributed by atoms with Crippen LogP contribution >= 0.6 is 0 Å². The van der Waals surface area contributed by atoms with Crippen LogP contribution in [0.3, 0.4) is 0 Å². The van der Waals surface area contributed by atoms with Gasteiger partial charge in [0.25, 0.3) is 5.91 Å². The molecule has 1 aromatic carbocycles.